The molecule has 1 N–H and O–H groups in total. The van der Waals surface area contributed by atoms with E-state index in [1.807, 2.05) is 24.3 Å². The predicted molar refractivity (Wildman–Crippen MR) is 76.1 cm³/mol. The highest BCUT2D eigenvalue weighted by molar-refractivity contribution is 7.03. The van der Waals surface area contributed by atoms with Crippen LogP contribution in [0, 0.1) is 11.8 Å². The van der Waals surface area contributed by atoms with Gasteiger partial charge in [0.2, 0.25) is 0 Å². The van der Waals surface area contributed by atoms with Crippen molar-refractivity contribution in [2.45, 2.75) is 6.54 Å². The minimum Gasteiger partial charge on any atom is -0.384 e. The van der Waals surface area contributed by atoms with Gasteiger partial charge in [0.25, 0.3) is 5.91 Å². The Kier molecular flexibility index (Phi) is 4.82. The van der Waals surface area contributed by atoms with Gasteiger partial charge >= 0.3 is 0 Å². The van der Waals surface area contributed by atoms with E-state index in [9.17, 15) is 4.79 Å². The maximum atomic E-state index is 12.0. The molecule has 0 aliphatic heterocycles. The molecule has 102 valence electrons. The number of aliphatic hydroxyl groups excluding tert-OH is 1. The molecule has 1 aromatic heterocycles. The molecular weight excluding hydrogens is 274 g/mol. The first kappa shape index (κ1) is 14.2. The molecule has 1 heterocycles. The quantitative estimate of drug-likeness (QED) is 0.860. The Morgan fingerprint density at radius 3 is 2.75 bits per heavy atom. The topological polar surface area (TPSA) is 66.3 Å². The monoisotopic (exact) mass is 287 g/mol. The molecule has 0 aliphatic carbocycles. The maximum Gasteiger partial charge on any atom is 0.275 e. The molecule has 0 bridgehead atoms. The molecule has 0 radical (unpaired) electrons. The lowest BCUT2D eigenvalue weighted by Gasteiger charge is -2.15. The molecule has 0 atom stereocenters. The average Bonchev–Trinajstić information content (AvgIpc) is 3.00. The molecule has 1 aromatic carbocycles. The Morgan fingerprint density at radius 2 is 2.15 bits per heavy atom. The van der Waals surface area contributed by atoms with E-state index >= 15 is 0 Å². The van der Waals surface area contributed by atoms with Crippen molar-refractivity contribution in [1.82, 2.24) is 14.5 Å². The van der Waals surface area contributed by atoms with Crippen molar-refractivity contribution in [3.05, 3.63) is 46.5 Å². The molecule has 6 heteroatoms. The summed E-state index contributed by atoms with van der Waals surface area (Å²) >= 11 is 1.16. The molecule has 1 amide bonds. The van der Waals surface area contributed by atoms with Gasteiger partial charge in [0.05, 0.1) is 0 Å². The number of hydrogen-bond acceptors (Lipinski definition) is 5. The van der Waals surface area contributed by atoms with Gasteiger partial charge in [-0.05, 0) is 29.2 Å². The van der Waals surface area contributed by atoms with Crippen LogP contribution < -0.4 is 0 Å². The lowest BCUT2D eigenvalue weighted by molar-refractivity contribution is 0.0779. The number of nitrogens with zero attached hydrogens (tertiary/aromatic N) is 3. The normalized spacial score (nSPS) is 9.70. The predicted octanol–water partition coefficient (Wildman–Crippen LogP) is 1.15. The second-order valence-corrected chi connectivity index (χ2v) is 4.72. The second kappa shape index (κ2) is 6.80. The van der Waals surface area contributed by atoms with Gasteiger partial charge in [-0.2, -0.15) is 0 Å². The zero-order chi connectivity index (χ0) is 14.4. The molecule has 20 heavy (non-hydrogen) atoms. The molecule has 0 saturated heterocycles. The van der Waals surface area contributed by atoms with Gasteiger partial charge in [-0.1, -0.05) is 28.5 Å². The summed E-state index contributed by atoms with van der Waals surface area (Å²) in [6.07, 6.45) is 0. The highest BCUT2D eigenvalue weighted by Crippen LogP contribution is 2.09. The van der Waals surface area contributed by atoms with Crippen LogP contribution in [0.3, 0.4) is 0 Å². The number of aliphatic hydroxyl groups is 1. The van der Waals surface area contributed by atoms with Crippen molar-refractivity contribution in [2.24, 2.45) is 0 Å². The average molecular weight is 287 g/mol. The molecule has 5 nitrogen and oxygen atoms in total. The number of rotatable bonds is 3. The van der Waals surface area contributed by atoms with E-state index in [0.717, 1.165) is 22.7 Å². The van der Waals surface area contributed by atoms with Gasteiger partial charge in [-0.15, -0.1) is 5.10 Å². The van der Waals surface area contributed by atoms with Crippen molar-refractivity contribution in [1.29, 1.82) is 0 Å². The number of amides is 1. The van der Waals surface area contributed by atoms with Crippen molar-refractivity contribution >= 4 is 17.4 Å². The minimum atomic E-state index is -0.152. The fourth-order valence-corrected chi connectivity index (χ4v) is 2.06. The summed E-state index contributed by atoms with van der Waals surface area (Å²) < 4.78 is 3.68. The summed E-state index contributed by atoms with van der Waals surface area (Å²) in [6, 6.07) is 7.54. The lowest BCUT2D eigenvalue weighted by Crippen LogP contribution is -2.26. The zero-order valence-electron chi connectivity index (χ0n) is 10.9. The summed E-state index contributed by atoms with van der Waals surface area (Å²) in [5.41, 5.74) is 2.20. The van der Waals surface area contributed by atoms with Crippen LogP contribution in [0.25, 0.3) is 0 Å². The molecule has 0 spiro atoms. The Labute approximate surface area is 121 Å². The third-order valence-corrected chi connectivity index (χ3v) is 3.12. The Hall–Kier alpha value is -2.23. The van der Waals surface area contributed by atoms with Crippen molar-refractivity contribution in [2.75, 3.05) is 13.7 Å². The standard InChI is InChI=1S/C14H13N3O2S/c1-17(14(19)13-10-20-16-15-13)9-12-6-4-11(5-7-12)3-2-8-18/h4-7,10,18H,8-9H2,1H3. The van der Waals surface area contributed by atoms with Crippen LogP contribution in [0.5, 0.6) is 0 Å². The van der Waals surface area contributed by atoms with Gasteiger partial charge in [0.1, 0.15) is 6.61 Å². The van der Waals surface area contributed by atoms with Gasteiger partial charge in [-0.25, -0.2) is 0 Å². The van der Waals surface area contributed by atoms with Crippen molar-refractivity contribution in [3.8, 4) is 11.8 Å². The van der Waals surface area contributed by atoms with Crippen LogP contribution in [-0.2, 0) is 6.54 Å². The molecular formula is C14H13N3O2S. The molecule has 2 rings (SSSR count). The first-order chi connectivity index (χ1) is 9.70. The second-order valence-electron chi connectivity index (χ2n) is 4.11. The smallest absolute Gasteiger partial charge is 0.275 e. The first-order valence-electron chi connectivity index (χ1n) is 5.92. The lowest BCUT2D eigenvalue weighted by atomic mass is 10.1. The molecule has 0 unspecified atom stereocenters. The minimum absolute atomic E-state index is 0.150. The number of hydrogen-bond donors (Lipinski definition) is 1. The maximum absolute atomic E-state index is 12.0. The molecule has 0 aliphatic rings. The number of carbonyl (C=O) groups excluding carboxylic acids is 1. The summed E-state index contributed by atoms with van der Waals surface area (Å²) in [4.78, 5) is 13.6. The van der Waals surface area contributed by atoms with E-state index in [0.29, 0.717) is 12.2 Å². The highest BCUT2D eigenvalue weighted by Gasteiger charge is 2.14. The van der Waals surface area contributed by atoms with Gasteiger partial charge in [0.15, 0.2) is 5.69 Å². The van der Waals surface area contributed by atoms with E-state index in [2.05, 4.69) is 21.4 Å². The Balaban J connectivity index is 2.01. The van der Waals surface area contributed by atoms with Gasteiger partial charge in [0, 0.05) is 24.5 Å². The Morgan fingerprint density at radius 1 is 1.40 bits per heavy atom. The van der Waals surface area contributed by atoms with E-state index in [-0.39, 0.29) is 12.5 Å². The van der Waals surface area contributed by atoms with E-state index in [1.165, 1.54) is 0 Å². The van der Waals surface area contributed by atoms with Crippen molar-refractivity contribution < 1.29 is 9.90 Å². The summed E-state index contributed by atoms with van der Waals surface area (Å²) in [7, 11) is 1.72. The molecule has 2 aromatic rings. The zero-order valence-corrected chi connectivity index (χ0v) is 11.7. The molecule has 0 saturated carbocycles. The fourth-order valence-electron chi connectivity index (χ4n) is 1.63. The molecule has 0 fully saturated rings. The summed E-state index contributed by atoms with van der Waals surface area (Å²) in [6.45, 7) is 0.338. The third kappa shape index (κ3) is 3.63. The van der Waals surface area contributed by atoms with Crippen LogP contribution in [0.1, 0.15) is 21.6 Å². The van der Waals surface area contributed by atoms with Crippen LogP contribution in [0.2, 0.25) is 0 Å². The number of aromatic nitrogens is 2. The van der Waals surface area contributed by atoms with Crippen LogP contribution >= 0.6 is 11.5 Å². The van der Waals surface area contributed by atoms with E-state index < -0.39 is 0 Å². The Bertz CT molecular complexity index is 627. The SMILES string of the molecule is CN(Cc1ccc(C#CCO)cc1)C(=O)c1csnn1. The summed E-state index contributed by atoms with van der Waals surface area (Å²) in [5.74, 6) is 5.26. The van der Waals surface area contributed by atoms with Crippen molar-refractivity contribution in [3.63, 3.8) is 0 Å². The van der Waals surface area contributed by atoms with E-state index in [1.54, 1.807) is 17.3 Å². The van der Waals surface area contributed by atoms with Gasteiger partial charge in [-0.3, -0.25) is 4.79 Å². The first-order valence-corrected chi connectivity index (χ1v) is 6.75. The fraction of sp³-hybridized carbons (Fsp3) is 0.214. The van der Waals surface area contributed by atoms with Gasteiger partial charge < -0.3 is 10.0 Å². The largest absolute Gasteiger partial charge is 0.384 e. The third-order valence-electron chi connectivity index (χ3n) is 2.61. The van der Waals surface area contributed by atoms with Crippen LogP contribution in [0.15, 0.2) is 29.6 Å². The van der Waals surface area contributed by atoms with Crippen LogP contribution in [0.4, 0.5) is 0 Å². The summed E-state index contributed by atoms with van der Waals surface area (Å²) in [5, 5.41) is 14.0. The number of benzene rings is 1. The van der Waals surface area contributed by atoms with Crippen LogP contribution in [-0.4, -0.2) is 39.2 Å². The number of carbonyl (C=O) groups is 1. The van der Waals surface area contributed by atoms with E-state index in [4.69, 9.17) is 5.11 Å². The highest BCUT2D eigenvalue weighted by atomic mass is 32.1.